The highest BCUT2D eigenvalue weighted by molar-refractivity contribution is 5.85. The van der Waals surface area contributed by atoms with Crippen molar-refractivity contribution >= 4 is 18.0 Å². The summed E-state index contributed by atoms with van der Waals surface area (Å²) in [4.78, 5) is 38.3. The summed E-state index contributed by atoms with van der Waals surface area (Å²) in [5.41, 5.74) is 4.59. The summed E-state index contributed by atoms with van der Waals surface area (Å²) < 4.78 is 5.59. The SMILES string of the molecule is CC[C@@H](CC(=O)N(C1CC1)C(C)C(=O)O)NC(=O)OCC1c2ccccc2-c2ccccc21. The van der Waals surface area contributed by atoms with Crippen molar-refractivity contribution in [1.82, 2.24) is 10.2 Å². The number of carbonyl (C=O) groups is 3. The molecule has 2 aromatic carbocycles. The maximum absolute atomic E-state index is 12.8. The Balaban J connectivity index is 1.36. The Bertz CT molecular complexity index is 1000. The molecular formula is C26H30N2O5. The quantitative estimate of drug-likeness (QED) is 0.598. The minimum atomic E-state index is -1.02. The van der Waals surface area contributed by atoms with Crippen molar-refractivity contribution in [1.29, 1.82) is 0 Å². The fourth-order valence-electron chi connectivity index (χ4n) is 4.63. The number of carbonyl (C=O) groups excluding carboxylic acids is 2. The zero-order valence-electron chi connectivity index (χ0n) is 19.0. The lowest BCUT2D eigenvalue weighted by Crippen LogP contribution is -2.47. The van der Waals surface area contributed by atoms with Crippen molar-refractivity contribution in [2.45, 2.75) is 63.6 Å². The van der Waals surface area contributed by atoms with Crippen LogP contribution in [0.5, 0.6) is 0 Å². The number of alkyl carbamates (subject to hydrolysis) is 1. The predicted molar refractivity (Wildman–Crippen MR) is 124 cm³/mol. The van der Waals surface area contributed by atoms with Crippen molar-refractivity contribution in [3.05, 3.63) is 59.7 Å². The maximum Gasteiger partial charge on any atom is 0.407 e. The Labute approximate surface area is 193 Å². The molecule has 33 heavy (non-hydrogen) atoms. The molecule has 1 unspecified atom stereocenters. The van der Waals surface area contributed by atoms with Crippen LogP contribution in [0, 0.1) is 0 Å². The molecule has 4 rings (SSSR count). The number of nitrogens with zero attached hydrogens (tertiary/aromatic N) is 1. The third-order valence-electron chi connectivity index (χ3n) is 6.58. The molecule has 2 aliphatic rings. The molecule has 174 valence electrons. The van der Waals surface area contributed by atoms with E-state index >= 15 is 0 Å². The lowest BCUT2D eigenvalue weighted by molar-refractivity contribution is -0.150. The van der Waals surface area contributed by atoms with Crippen LogP contribution in [0.1, 0.15) is 56.6 Å². The van der Waals surface area contributed by atoms with Gasteiger partial charge in [-0.05, 0) is 48.4 Å². The van der Waals surface area contributed by atoms with Gasteiger partial charge >= 0.3 is 12.1 Å². The first-order valence-electron chi connectivity index (χ1n) is 11.6. The van der Waals surface area contributed by atoms with Crippen LogP contribution >= 0.6 is 0 Å². The van der Waals surface area contributed by atoms with Gasteiger partial charge in [0.05, 0.1) is 0 Å². The minimum absolute atomic E-state index is 0.0180. The molecule has 2 atom stereocenters. The summed E-state index contributed by atoms with van der Waals surface area (Å²) in [7, 11) is 0. The number of amides is 2. The second-order valence-corrected chi connectivity index (χ2v) is 8.83. The molecule has 0 spiro atoms. The number of benzene rings is 2. The van der Waals surface area contributed by atoms with Crippen LogP contribution in [0.2, 0.25) is 0 Å². The summed E-state index contributed by atoms with van der Waals surface area (Å²) in [6.45, 7) is 3.61. The molecule has 7 nitrogen and oxygen atoms in total. The molecule has 2 aliphatic carbocycles. The Hall–Kier alpha value is -3.35. The van der Waals surface area contributed by atoms with Crippen molar-refractivity contribution in [3.63, 3.8) is 0 Å². The lowest BCUT2D eigenvalue weighted by Gasteiger charge is -2.28. The van der Waals surface area contributed by atoms with Gasteiger partial charge < -0.3 is 20.1 Å². The average molecular weight is 451 g/mol. The molecule has 1 fully saturated rings. The zero-order valence-corrected chi connectivity index (χ0v) is 19.0. The van der Waals surface area contributed by atoms with E-state index in [-0.39, 0.29) is 30.9 Å². The van der Waals surface area contributed by atoms with Crippen molar-refractivity contribution in [2.75, 3.05) is 6.61 Å². The summed E-state index contributed by atoms with van der Waals surface area (Å²) in [5, 5.41) is 12.1. The first-order valence-corrected chi connectivity index (χ1v) is 11.6. The highest BCUT2D eigenvalue weighted by Gasteiger charge is 2.39. The van der Waals surface area contributed by atoms with Gasteiger partial charge in [-0.15, -0.1) is 0 Å². The molecule has 0 heterocycles. The van der Waals surface area contributed by atoms with Gasteiger partial charge in [0.15, 0.2) is 0 Å². The van der Waals surface area contributed by atoms with E-state index in [1.807, 2.05) is 31.2 Å². The Morgan fingerprint density at radius 1 is 1.06 bits per heavy atom. The number of rotatable bonds is 9. The third-order valence-corrected chi connectivity index (χ3v) is 6.58. The van der Waals surface area contributed by atoms with Gasteiger partial charge in [-0.1, -0.05) is 55.5 Å². The van der Waals surface area contributed by atoms with E-state index in [4.69, 9.17) is 4.74 Å². The van der Waals surface area contributed by atoms with Crippen LogP contribution in [0.4, 0.5) is 4.79 Å². The fraction of sp³-hybridized carbons (Fsp3) is 0.423. The molecule has 0 aromatic heterocycles. The van der Waals surface area contributed by atoms with E-state index in [1.165, 1.54) is 11.8 Å². The summed E-state index contributed by atoms with van der Waals surface area (Å²) in [5.74, 6) is -1.31. The summed E-state index contributed by atoms with van der Waals surface area (Å²) >= 11 is 0. The van der Waals surface area contributed by atoms with E-state index < -0.39 is 24.1 Å². The van der Waals surface area contributed by atoms with Crippen LogP contribution in [-0.2, 0) is 14.3 Å². The van der Waals surface area contributed by atoms with Crippen LogP contribution in [0.15, 0.2) is 48.5 Å². The van der Waals surface area contributed by atoms with Crippen molar-refractivity contribution in [2.24, 2.45) is 0 Å². The molecule has 0 bridgehead atoms. The number of carboxylic acid groups (broad SMARTS) is 1. The molecule has 2 aromatic rings. The Morgan fingerprint density at radius 3 is 2.15 bits per heavy atom. The molecular weight excluding hydrogens is 420 g/mol. The maximum atomic E-state index is 12.8. The highest BCUT2D eigenvalue weighted by Crippen LogP contribution is 2.44. The standard InChI is InChI=1S/C26H30N2O5/c1-3-17(14-24(29)28(18-12-13-18)16(2)25(30)31)27-26(32)33-15-23-21-10-6-4-8-19(21)20-9-5-7-11-22(20)23/h4-11,16-18,23H,3,12-15H2,1-2H3,(H,27,32)(H,30,31)/t16?,17-/m0/s1. The van der Waals surface area contributed by atoms with Gasteiger partial charge in [-0.25, -0.2) is 9.59 Å². The monoisotopic (exact) mass is 450 g/mol. The van der Waals surface area contributed by atoms with E-state index in [1.54, 1.807) is 0 Å². The van der Waals surface area contributed by atoms with Gasteiger partial charge in [0, 0.05) is 24.4 Å². The number of nitrogens with one attached hydrogen (secondary N) is 1. The predicted octanol–water partition coefficient (Wildman–Crippen LogP) is 4.16. The lowest BCUT2D eigenvalue weighted by atomic mass is 9.98. The number of ether oxygens (including phenoxy) is 1. The van der Waals surface area contributed by atoms with Crippen LogP contribution < -0.4 is 5.32 Å². The molecule has 2 amide bonds. The average Bonchev–Trinajstić information content (AvgIpc) is 3.59. The van der Waals surface area contributed by atoms with Crippen molar-refractivity contribution < 1.29 is 24.2 Å². The Kier molecular flexibility index (Phi) is 6.67. The largest absolute Gasteiger partial charge is 0.480 e. The van der Waals surface area contributed by atoms with E-state index in [2.05, 4.69) is 29.6 Å². The Morgan fingerprint density at radius 2 is 1.64 bits per heavy atom. The first-order chi connectivity index (χ1) is 15.9. The van der Waals surface area contributed by atoms with E-state index in [9.17, 15) is 19.5 Å². The second kappa shape index (κ2) is 9.65. The smallest absolute Gasteiger partial charge is 0.407 e. The highest BCUT2D eigenvalue weighted by atomic mass is 16.5. The minimum Gasteiger partial charge on any atom is -0.480 e. The van der Waals surface area contributed by atoms with Gasteiger partial charge in [-0.2, -0.15) is 0 Å². The topological polar surface area (TPSA) is 95.9 Å². The number of hydrogen-bond donors (Lipinski definition) is 2. The number of fused-ring (bicyclic) bond motifs is 3. The molecule has 0 aliphatic heterocycles. The summed E-state index contributed by atoms with van der Waals surface area (Å²) in [6.07, 6.45) is 1.66. The van der Waals surface area contributed by atoms with Gasteiger partial charge in [-0.3, -0.25) is 4.79 Å². The molecule has 0 radical (unpaired) electrons. The fourth-order valence-corrected chi connectivity index (χ4v) is 4.63. The number of aliphatic carboxylic acids is 1. The second-order valence-electron chi connectivity index (χ2n) is 8.83. The number of carboxylic acids is 1. The normalized spacial score (nSPS) is 16.3. The van der Waals surface area contributed by atoms with Crippen LogP contribution in [0.3, 0.4) is 0 Å². The molecule has 0 saturated heterocycles. The van der Waals surface area contributed by atoms with Gasteiger partial charge in [0.1, 0.15) is 12.6 Å². The zero-order chi connectivity index (χ0) is 23.5. The van der Waals surface area contributed by atoms with E-state index in [0.717, 1.165) is 35.1 Å². The first kappa shape index (κ1) is 22.8. The van der Waals surface area contributed by atoms with E-state index in [0.29, 0.717) is 6.42 Å². The van der Waals surface area contributed by atoms with Crippen LogP contribution in [0.25, 0.3) is 11.1 Å². The van der Waals surface area contributed by atoms with Crippen molar-refractivity contribution in [3.8, 4) is 11.1 Å². The van der Waals surface area contributed by atoms with Gasteiger partial charge in [0.2, 0.25) is 5.91 Å². The summed E-state index contributed by atoms with van der Waals surface area (Å²) in [6, 6.07) is 14.9. The third kappa shape index (κ3) is 4.87. The molecule has 7 heteroatoms. The number of hydrogen-bond acceptors (Lipinski definition) is 4. The molecule has 2 N–H and O–H groups in total. The molecule has 1 saturated carbocycles. The van der Waals surface area contributed by atoms with Crippen LogP contribution in [-0.4, -0.2) is 52.7 Å². The van der Waals surface area contributed by atoms with Gasteiger partial charge in [0.25, 0.3) is 0 Å².